The summed E-state index contributed by atoms with van der Waals surface area (Å²) < 4.78 is 4.62. The normalized spacial score (nSPS) is 13.3. The van der Waals surface area contributed by atoms with Gasteiger partial charge in [0.05, 0.1) is 27.5 Å². The molecule has 0 fully saturated rings. The molecule has 0 atom stereocenters. The Hall–Kier alpha value is -6.92. The Balaban J connectivity index is 1.13. The Morgan fingerprint density at radius 1 is 0.353 bits per heavy atom. The molecule has 0 spiro atoms. The highest BCUT2D eigenvalue weighted by Crippen LogP contribution is 2.56. The molecule has 10 aromatic rings. The molecular weight excluding hydrogens is 625 g/mol. The van der Waals surface area contributed by atoms with Crippen molar-refractivity contribution in [2.45, 2.75) is 5.41 Å². The van der Waals surface area contributed by atoms with Gasteiger partial charge in [-0.05, 0) is 81.9 Å². The fraction of sp³-hybridized carbons (Fsp3) is 0.0222. The van der Waals surface area contributed by atoms with Gasteiger partial charge in [0.2, 0.25) is 0 Å². The number of pyridine rings is 4. The van der Waals surface area contributed by atoms with Crippen molar-refractivity contribution < 1.29 is 0 Å². The molecule has 4 aromatic carbocycles. The highest BCUT2D eigenvalue weighted by Gasteiger charge is 2.45. The van der Waals surface area contributed by atoms with Gasteiger partial charge in [-0.2, -0.15) is 0 Å². The number of aromatic nitrogens is 6. The molecule has 1 aliphatic carbocycles. The van der Waals surface area contributed by atoms with Crippen molar-refractivity contribution in [3.63, 3.8) is 0 Å². The van der Waals surface area contributed by atoms with Gasteiger partial charge in [-0.15, -0.1) is 0 Å². The molecule has 6 aromatic heterocycles. The van der Waals surface area contributed by atoms with Crippen molar-refractivity contribution in [1.82, 2.24) is 29.1 Å². The minimum absolute atomic E-state index is 0.520. The Morgan fingerprint density at radius 3 is 1.04 bits per heavy atom. The molecule has 6 heterocycles. The van der Waals surface area contributed by atoms with Gasteiger partial charge in [0.15, 0.2) is 0 Å². The lowest BCUT2D eigenvalue weighted by atomic mass is 9.67. The van der Waals surface area contributed by atoms with Crippen LogP contribution < -0.4 is 0 Å². The highest BCUT2D eigenvalue weighted by molar-refractivity contribution is 6.09. The van der Waals surface area contributed by atoms with E-state index in [1.165, 1.54) is 33.4 Å². The second-order valence-electron chi connectivity index (χ2n) is 13.2. The van der Waals surface area contributed by atoms with Gasteiger partial charge < -0.3 is 9.13 Å². The molecule has 0 saturated carbocycles. The maximum absolute atomic E-state index is 4.43. The number of nitrogens with zero attached hydrogens (tertiary/aromatic N) is 6. The largest absolute Gasteiger partial charge is 0.309 e. The maximum atomic E-state index is 4.43. The molecule has 0 radical (unpaired) electrons. The molecule has 0 bridgehead atoms. The number of benzene rings is 4. The zero-order valence-electron chi connectivity index (χ0n) is 27.3. The van der Waals surface area contributed by atoms with E-state index in [1.54, 1.807) is 0 Å². The van der Waals surface area contributed by atoms with Crippen molar-refractivity contribution >= 4 is 43.6 Å². The van der Waals surface area contributed by atoms with E-state index in [0.717, 1.165) is 55.0 Å². The molecule has 51 heavy (non-hydrogen) atoms. The van der Waals surface area contributed by atoms with Crippen molar-refractivity contribution in [2.24, 2.45) is 0 Å². The van der Waals surface area contributed by atoms with E-state index in [4.69, 9.17) is 0 Å². The minimum atomic E-state index is -0.520. The fourth-order valence-corrected chi connectivity index (χ4v) is 8.72. The molecule has 1 aliphatic rings. The van der Waals surface area contributed by atoms with Crippen LogP contribution in [0, 0.1) is 0 Å². The van der Waals surface area contributed by atoms with Crippen molar-refractivity contribution in [1.29, 1.82) is 0 Å². The molecule has 0 aliphatic heterocycles. The predicted molar refractivity (Wildman–Crippen MR) is 204 cm³/mol. The van der Waals surface area contributed by atoms with Gasteiger partial charge in [0.25, 0.3) is 0 Å². The first-order valence-corrected chi connectivity index (χ1v) is 17.1. The Labute approximate surface area is 293 Å². The van der Waals surface area contributed by atoms with Crippen molar-refractivity contribution in [3.05, 3.63) is 193 Å². The third kappa shape index (κ3) is 3.76. The van der Waals surface area contributed by atoms with Crippen LogP contribution in [0.25, 0.3) is 66.1 Å². The first-order valence-electron chi connectivity index (χ1n) is 17.1. The third-order valence-electron chi connectivity index (χ3n) is 10.8. The molecule has 6 nitrogen and oxygen atoms in total. The maximum Gasteiger partial charge on any atom is 0.0713 e. The van der Waals surface area contributed by atoms with E-state index in [-0.39, 0.29) is 0 Å². The van der Waals surface area contributed by atoms with Crippen LogP contribution in [0.2, 0.25) is 0 Å². The lowest BCUT2D eigenvalue weighted by Crippen LogP contribution is -2.28. The molecular formula is C45H28N6. The Bertz CT molecular complexity index is 2660. The first-order chi connectivity index (χ1) is 25.3. The van der Waals surface area contributed by atoms with Gasteiger partial charge >= 0.3 is 0 Å². The van der Waals surface area contributed by atoms with Gasteiger partial charge in [-0.3, -0.25) is 19.9 Å². The van der Waals surface area contributed by atoms with E-state index in [2.05, 4.69) is 150 Å². The second-order valence-corrected chi connectivity index (χ2v) is 13.2. The Kier molecular flexibility index (Phi) is 5.78. The molecule has 0 unspecified atom stereocenters. The molecule has 238 valence electrons. The zero-order valence-corrected chi connectivity index (χ0v) is 27.3. The van der Waals surface area contributed by atoms with Crippen LogP contribution in [-0.4, -0.2) is 29.1 Å². The molecule has 0 amide bonds. The zero-order chi connectivity index (χ0) is 33.5. The van der Waals surface area contributed by atoms with Crippen LogP contribution in [0.5, 0.6) is 0 Å². The van der Waals surface area contributed by atoms with E-state index in [1.807, 2.05) is 49.6 Å². The topological polar surface area (TPSA) is 61.4 Å². The van der Waals surface area contributed by atoms with E-state index < -0.39 is 5.41 Å². The summed E-state index contributed by atoms with van der Waals surface area (Å²) in [6, 6.07) is 44.4. The average molecular weight is 653 g/mol. The van der Waals surface area contributed by atoms with Gasteiger partial charge in [-0.1, -0.05) is 72.8 Å². The second kappa shape index (κ2) is 10.5. The van der Waals surface area contributed by atoms with Crippen LogP contribution in [0.4, 0.5) is 0 Å². The number of fused-ring (bicyclic) bond motifs is 9. The highest BCUT2D eigenvalue weighted by atomic mass is 15.0. The lowest BCUT2D eigenvalue weighted by molar-refractivity contribution is 0.767. The summed E-state index contributed by atoms with van der Waals surface area (Å²) in [6.07, 6.45) is 15.2. The summed E-state index contributed by atoms with van der Waals surface area (Å²) in [5, 5.41) is 4.37. The van der Waals surface area contributed by atoms with Crippen LogP contribution in [-0.2, 0) is 5.41 Å². The molecule has 6 heteroatoms. The lowest BCUT2D eigenvalue weighted by Gasteiger charge is -2.34. The van der Waals surface area contributed by atoms with Gasteiger partial charge in [-0.25, -0.2) is 0 Å². The summed E-state index contributed by atoms with van der Waals surface area (Å²) in [7, 11) is 0. The SMILES string of the molecule is c1ccc2c(c1)-c1ccccc1C2(c1ccc(-n2c3ccncc3c3cnccc32)cc1)c1ccc(-n2c3ccncc3c3cnccc32)cc1. The van der Waals surface area contributed by atoms with Gasteiger partial charge in [0, 0.05) is 82.5 Å². The van der Waals surface area contributed by atoms with Crippen LogP contribution >= 0.6 is 0 Å². The number of hydrogen-bond donors (Lipinski definition) is 0. The standard InChI is InChI=1S/C45H28N6/c1-3-7-39-33(5-1)34-6-2-4-8-40(34)45(39,29-9-13-31(14-10-29)50-41-17-21-46-25-35(41)36-26-47-22-18-42(36)50)30-11-15-32(16-12-30)51-43-19-23-48-27-37(43)38-28-49-24-20-44(38)51/h1-28H. The average Bonchev–Trinajstić information content (AvgIpc) is 3.83. The first kappa shape index (κ1) is 28.0. The fourth-order valence-electron chi connectivity index (χ4n) is 8.72. The molecule has 11 rings (SSSR count). The van der Waals surface area contributed by atoms with Crippen molar-refractivity contribution in [3.8, 4) is 22.5 Å². The number of hydrogen-bond acceptors (Lipinski definition) is 4. The molecule has 0 saturated heterocycles. The summed E-state index contributed by atoms with van der Waals surface area (Å²) >= 11 is 0. The summed E-state index contributed by atoms with van der Waals surface area (Å²) in [5.41, 5.74) is 13.7. The summed E-state index contributed by atoms with van der Waals surface area (Å²) in [5.74, 6) is 0. The predicted octanol–water partition coefficient (Wildman–Crippen LogP) is 9.82. The number of rotatable bonds is 4. The van der Waals surface area contributed by atoms with Crippen LogP contribution in [0.15, 0.2) is 171 Å². The van der Waals surface area contributed by atoms with E-state index in [9.17, 15) is 0 Å². The molecule has 0 N–H and O–H groups in total. The monoisotopic (exact) mass is 652 g/mol. The van der Waals surface area contributed by atoms with Crippen LogP contribution in [0.1, 0.15) is 22.3 Å². The van der Waals surface area contributed by atoms with E-state index in [0.29, 0.717) is 0 Å². The van der Waals surface area contributed by atoms with E-state index >= 15 is 0 Å². The van der Waals surface area contributed by atoms with Crippen LogP contribution in [0.3, 0.4) is 0 Å². The minimum Gasteiger partial charge on any atom is -0.309 e. The smallest absolute Gasteiger partial charge is 0.0713 e. The van der Waals surface area contributed by atoms with Gasteiger partial charge in [0.1, 0.15) is 0 Å². The summed E-state index contributed by atoms with van der Waals surface area (Å²) in [6.45, 7) is 0. The third-order valence-corrected chi connectivity index (χ3v) is 10.8. The summed E-state index contributed by atoms with van der Waals surface area (Å²) in [4.78, 5) is 17.7. The van der Waals surface area contributed by atoms with Crippen molar-refractivity contribution in [2.75, 3.05) is 0 Å². The Morgan fingerprint density at radius 2 is 0.686 bits per heavy atom. The quantitative estimate of drug-likeness (QED) is 0.190.